The molecule has 1 unspecified atom stereocenters. The highest BCUT2D eigenvalue weighted by Gasteiger charge is 2.16. The average Bonchev–Trinajstić information content (AvgIpc) is 2.62. The van der Waals surface area contributed by atoms with E-state index in [1.54, 1.807) is 17.8 Å². The zero-order valence-electron chi connectivity index (χ0n) is 10.7. The van der Waals surface area contributed by atoms with Crippen LogP contribution in [0.15, 0.2) is 17.1 Å². The lowest BCUT2D eigenvalue weighted by molar-refractivity contribution is 0.583. The topological polar surface area (TPSA) is 50.7 Å². The largest absolute Gasteiger partial charge is 0.326 e. The number of imidazole rings is 1. The summed E-state index contributed by atoms with van der Waals surface area (Å²) in [5, 5.41) is 0. The summed E-state index contributed by atoms with van der Waals surface area (Å²) in [5.41, 5.74) is 2.82. The zero-order chi connectivity index (χ0) is 12.4. The van der Waals surface area contributed by atoms with E-state index in [2.05, 4.69) is 23.8 Å². The molecule has 2 aromatic rings. The van der Waals surface area contributed by atoms with Crippen molar-refractivity contribution in [2.24, 2.45) is 7.05 Å². The molecule has 0 aromatic carbocycles. The summed E-state index contributed by atoms with van der Waals surface area (Å²) in [6.45, 7) is 4.35. The number of aryl methyl sites for hydroxylation is 1. The summed E-state index contributed by atoms with van der Waals surface area (Å²) in [6, 6.07) is 1.86. The molecule has 2 heterocycles. The third kappa shape index (κ3) is 1.99. The van der Waals surface area contributed by atoms with Gasteiger partial charge in [0.25, 0.3) is 0 Å². The number of H-pyrrole nitrogens is 1. The van der Waals surface area contributed by atoms with E-state index in [1.807, 2.05) is 6.07 Å². The number of aromatic nitrogens is 3. The van der Waals surface area contributed by atoms with Crippen molar-refractivity contribution in [3.05, 3.63) is 28.4 Å². The molecule has 92 valence electrons. The van der Waals surface area contributed by atoms with Gasteiger partial charge in [0.2, 0.25) is 0 Å². The fourth-order valence-electron chi connectivity index (χ4n) is 2.41. The molecule has 1 N–H and O–H groups in total. The molecular weight excluding hydrogens is 214 g/mol. The standard InChI is InChI=1S/C13H19N3O/c1-4-6-9(5-2)11-12-10(7-8-14-11)15-13(17)16(12)3/h7-9H,4-6H2,1-3H3,(H,15,17). The summed E-state index contributed by atoms with van der Waals surface area (Å²) < 4.78 is 1.66. The van der Waals surface area contributed by atoms with Crippen LogP contribution in [0, 0.1) is 0 Å². The van der Waals surface area contributed by atoms with E-state index in [9.17, 15) is 4.79 Å². The predicted octanol–water partition coefficient (Wildman–Crippen LogP) is 2.56. The molecule has 0 spiro atoms. The summed E-state index contributed by atoms with van der Waals surface area (Å²) in [5.74, 6) is 0.435. The van der Waals surface area contributed by atoms with Crippen LogP contribution >= 0.6 is 0 Å². The molecule has 4 nitrogen and oxygen atoms in total. The molecule has 0 saturated heterocycles. The quantitative estimate of drug-likeness (QED) is 0.882. The number of fused-ring (bicyclic) bond motifs is 1. The van der Waals surface area contributed by atoms with E-state index < -0.39 is 0 Å². The third-order valence-electron chi connectivity index (χ3n) is 3.35. The molecule has 0 aliphatic rings. The third-order valence-corrected chi connectivity index (χ3v) is 3.35. The molecule has 0 fully saturated rings. The van der Waals surface area contributed by atoms with E-state index in [-0.39, 0.29) is 5.69 Å². The van der Waals surface area contributed by atoms with Crippen molar-refractivity contribution in [2.45, 2.75) is 39.0 Å². The van der Waals surface area contributed by atoms with Crippen LogP contribution in [0.2, 0.25) is 0 Å². The van der Waals surface area contributed by atoms with E-state index in [0.717, 1.165) is 36.0 Å². The second-order valence-electron chi connectivity index (χ2n) is 4.48. The number of hydrogen-bond acceptors (Lipinski definition) is 2. The fourth-order valence-corrected chi connectivity index (χ4v) is 2.41. The molecule has 0 bridgehead atoms. The summed E-state index contributed by atoms with van der Waals surface area (Å²) in [4.78, 5) is 19.0. The lowest BCUT2D eigenvalue weighted by Gasteiger charge is -2.14. The summed E-state index contributed by atoms with van der Waals surface area (Å²) in [7, 11) is 1.80. The Morgan fingerprint density at radius 2 is 2.24 bits per heavy atom. The van der Waals surface area contributed by atoms with Crippen molar-refractivity contribution in [3.8, 4) is 0 Å². The molecule has 2 aromatic heterocycles. The molecule has 0 saturated carbocycles. The zero-order valence-corrected chi connectivity index (χ0v) is 10.7. The van der Waals surface area contributed by atoms with E-state index in [1.165, 1.54) is 0 Å². The van der Waals surface area contributed by atoms with Gasteiger partial charge in [-0.2, -0.15) is 0 Å². The lowest BCUT2D eigenvalue weighted by Crippen LogP contribution is -2.13. The minimum atomic E-state index is -0.0689. The molecule has 4 heteroatoms. The Morgan fingerprint density at radius 1 is 1.47 bits per heavy atom. The van der Waals surface area contributed by atoms with Crippen LogP contribution in [0.25, 0.3) is 11.0 Å². The van der Waals surface area contributed by atoms with Crippen molar-refractivity contribution >= 4 is 11.0 Å². The Balaban J connectivity index is 2.64. The first-order chi connectivity index (χ1) is 8.19. The van der Waals surface area contributed by atoms with Crippen LogP contribution in [-0.4, -0.2) is 14.5 Å². The number of nitrogens with zero attached hydrogens (tertiary/aromatic N) is 2. The predicted molar refractivity (Wildman–Crippen MR) is 69.3 cm³/mol. The molecule has 0 aliphatic heterocycles. The van der Waals surface area contributed by atoms with Gasteiger partial charge in [-0.15, -0.1) is 0 Å². The molecule has 0 amide bonds. The Morgan fingerprint density at radius 3 is 2.88 bits per heavy atom. The Kier molecular flexibility index (Phi) is 3.31. The van der Waals surface area contributed by atoms with Gasteiger partial charge in [-0.3, -0.25) is 9.55 Å². The maximum absolute atomic E-state index is 11.6. The number of aromatic amines is 1. The molecule has 0 radical (unpaired) electrons. The maximum Gasteiger partial charge on any atom is 0.326 e. The van der Waals surface area contributed by atoms with Gasteiger partial charge in [-0.1, -0.05) is 20.3 Å². The first kappa shape index (κ1) is 11.9. The highest BCUT2D eigenvalue weighted by Crippen LogP contribution is 2.27. The van der Waals surface area contributed by atoms with Crippen molar-refractivity contribution < 1.29 is 0 Å². The average molecular weight is 233 g/mol. The Hall–Kier alpha value is -1.58. The van der Waals surface area contributed by atoms with E-state index >= 15 is 0 Å². The highest BCUT2D eigenvalue weighted by atomic mass is 16.1. The first-order valence-corrected chi connectivity index (χ1v) is 6.22. The molecular formula is C13H19N3O. The normalized spacial score (nSPS) is 13.1. The second kappa shape index (κ2) is 4.73. The first-order valence-electron chi connectivity index (χ1n) is 6.22. The van der Waals surface area contributed by atoms with Gasteiger partial charge in [-0.25, -0.2) is 4.79 Å². The van der Waals surface area contributed by atoms with Crippen LogP contribution in [0.4, 0.5) is 0 Å². The second-order valence-corrected chi connectivity index (χ2v) is 4.48. The molecule has 2 rings (SSSR count). The smallest absolute Gasteiger partial charge is 0.305 e. The van der Waals surface area contributed by atoms with Gasteiger partial charge in [0, 0.05) is 19.2 Å². The fraction of sp³-hybridized carbons (Fsp3) is 0.538. The van der Waals surface area contributed by atoms with Crippen LogP contribution < -0.4 is 5.69 Å². The van der Waals surface area contributed by atoms with Crippen LogP contribution in [0.5, 0.6) is 0 Å². The van der Waals surface area contributed by atoms with Gasteiger partial charge in [0.1, 0.15) is 0 Å². The van der Waals surface area contributed by atoms with Crippen LogP contribution in [-0.2, 0) is 7.05 Å². The monoisotopic (exact) mass is 233 g/mol. The van der Waals surface area contributed by atoms with Gasteiger partial charge < -0.3 is 4.98 Å². The van der Waals surface area contributed by atoms with Gasteiger partial charge in [0.15, 0.2) is 0 Å². The van der Waals surface area contributed by atoms with Crippen molar-refractivity contribution in [2.75, 3.05) is 0 Å². The van der Waals surface area contributed by atoms with Crippen LogP contribution in [0.3, 0.4) is 0 Å². The molecule has 1 atom stereocenters. The molecule has 0 aliphatic carbocycles. The van der Waals surface area contributed by atoms with Crippen LogP contribution in [0.1, 0.15) is 44.7 Å². The number of pyridine rings is 1. The van der Waals surface area contributed by atoms with Crippen molar-refractivity contribution in [1.29, 1.82) is 0 Å². The highest BCUT2D eigenvalue weighted by molar-refractivity contribution is 5.77. The Labute approximate surface area is 101 Å². The lowest BCUT2D eigenvalue weighted by atomic mass is 9.95. The summed E-state index contributed by atoms with van der Waals surface area (Å²) >= 11 is 0. The number of nitrogens with one attached hydrogen (secondary N) is 1. The number of rotatable bonds is 4. The van der Waals surface area contributed by atoms with Gasteiger partial charge in [-0.05, 0) is 18.9 Å². The summed E-state index contributed by atoms with van der Waals surface area (Å²) in [6.07, 6.45) is 5.09. The van der Waals surface area contributed by atoms with E-state index in [0.29, 0.717) is 5.92 Å². The van der Waals surface area contributed by atoms with Gasteiger partial charge in [0.05, 0.1) is 16.7 Å². The SMILES string of the molecule is CCCC(CC)c1nccc2[nH]c(=O)n(C)c12. The minimum Gasteiger partial charge on any atom is -0.305 e. The number of hydrogen-bond donors (Lipinski definition) is 1. The van der Waals surface area contributed by atoms with Crippen molar-refractivity contribution in [3.63, 3.8) is 0 Å². The van der Waals surface area contributed by atoms with Gasteiger partial charge >= 0.3 is 5.69 Å². The Bertz CT molecular complexity index is 568. The minimum absolute atomic E-state index is 0.0689. The maximum atomic E-state index is 11.6. The molecule has 17 heavy (non-hydrogen) atoms. The van der Waals surface area contributed by atoms with Crippen molar-refractivity contribution in [1.82, 2.24) is 14.5 Å². The van der Waals surface area contributed by atoms with E-state index in [4.69, 9.17) is 0 Å².